The molecule has 2 atom stereocenters. The van der Waals surface area contributed by atoms with Gasteiger partial charge in [-0.15, -0.1) is 0 Å². The summed E-state index contributed by atoms with van der Waals surface area (Å²) in [5, 5.41) is 14.5. The number of carbonyl (C=O) groups excluding carboxylic acids is 2. The third-order valence-electron chi connectivity index (χ3n) is 6.81. The zero-order chi connectivity index (χ0) is 24.1. The first kappa shape index (κ1) is 23.8. The number of rotatable bonds is 10. The molecule has 2 unspecified atom stereocenters. The van der Waals surface area contributed by atoms with Crippen LogP contribution in [0.4, 0.5) is 4.79 Å². The van der Waals surface area contributed by atoms with Gasteiger partial charge in [-0.2, -0.15) is 0 Å². The van der Waals surface area contributed by atoms with E-state index in [2.05, 4.69) is 34.9 Å². The average molecular weight is 467 g/mol. The minimum Gasteiger partial charge on any atom is -0.480 e. The van der Waals surface area contributed by atoms with Crippen molar-refractivity contribution < 1.29 is 29.0 Å². The number of ether oxygens (including phenoxy) is 2. The zero-order valence-electron chi connectivity index (χ0n) is 19.2. The molecule has 2 aliphatic carbocycles. The van der Waals surface area contributed by atoms with Crippen molar-refractivity contribution in [1.29, 1.82) is 0 Å². The number of hydrogen-bond acceptors (Lipinski definition) is 5. The van der Waals surface area contributed by atoms with Gasteiger partial charge in [0.2, 0.25) is 5.91 Å². The molecule has 34 heavy (non-hydrogen) atoms. The fourth-order valence-electron chi connectivity index (χ4n) is 4.78. The molecule has 0 heterocycles. The Morgan fingerprint density at radius 2 is 1.65 bits per heavy atom. The lowest BCUT2D eigenvalue weighted by atomic mass is 9.75. The normalized spacial score (nSPS) is 16.5. The first-order chi connectivity index (χ1) is 16.5. The number of amides is 2. The maximum atomic E-state index is 12.8. The molecule has 0 aliphatic heterocycles. The highest BCUT2D eigenvalue weighted by Gasteiger charge is 2.35. The highest BCUT2D eigenvalue weighted by atomic mass is 16.5. The summed E-state index contributed by atoms with van der Waals surface area (Å²) < 4.78 is 10.5. The molecule has 0 saturated heterocycles. The maximum absolute atomic E-state index is 12.8. The Kier molecular flexibility index (Phi) is 7.47. The van der Waals surface area contributed by atoms with Crippen LogP contribution >= 0.6 is 0 Å². The number of carboxylic acid groups (broad SMARTS) is 1. The van der Waals surface area contributed by atoms with Crippen molar-refractivity contribution in [2.24, 2.45) is 11.8 Å². The Morgan fingerprint density at radius 1 is 1.03 bits per heavy atom. The predicted molar refractivity (Wildman–Crippen MR) is 125 cm³/mol. The quantitative estimate of drug-likeness (QED) is 0.496. The van der Waals surface area contributed by atoms with Gasteiger partial charge in [-0.3, -0.25) is 4.79 Å². The van der Waals surface area contributed by atoms with E-state index < -0.39 is 29.9 Å². The molecule has 2 amide bonds. The number of fused-ring (bicyclic) bond motifs is 3. The van der Waals surface area contributed by atoms with Crippen LogP contribution in [0.2, 0.25) is 0 Å². The SMILES string of the molecule is COCC(NC(=O)C(CNC(=O)OCC1c2ccccc2-c2ccccc21)C1CCC1)C(=O)O. The van der Waals surface area contributed by atoms with E-state index in [-0.39, 0.29) is 31.6 Å². The standard InChI is InChI=1S/C26H30N2O6/c1-33-15-23(25(30)31)28-24(29)21(16-7-6-8-16)13-27-26(32)34-14-22-19-11-4-2-9-17(19)18-10-3-5-12-20(18)22/h2-5,9-12,16,21-23H,6-8,13-15H2,1H3,(H,27,32)(H,28,29)(H,30,31). The lowest BCUT2D eigenvalue weighted by molar-refractivity contribution is -0.144. The fourth-order valence-corrected chi connectivity index (χ4v) is 4.78. The summed E-state index contributed by atoms with van der Waals surface area (Å²) in [5.41, 5.74) is 4.55. The smallest absolute Gasteiger partial charge is 0.407 e. The van der Waals surface area contributed by atoms with Crippen LogP contribution in [0.3, 0.4) is 0 Å². The molecule has 8 nitrogen and oxygen atoms in total. The molecule has 2 aromatic rings. The summed E-state index contributed by atoms with van der Waals surface area (Å²) in [6, 6.07) is 15.1. The summed E-state index contributed by atoms with van der Waals surface area (Å²) in [4.78, 5) is 36.7. The van der Waals surface area contributed by atoms with Crippen LogP contribution in [0.25, 0.3) is 11.1 Å². The van der Waals surface area contributed by atoms with Crippen LogP contribution in [0.1, 0.15) is 36.3 Å². The molecular formula is C26H30N2O6. The lowest BCUT2D eigenvalue weighted by Gasteiger charge is -2.33. The fraction of sp³-hybridized carbons (Fsp3) is 0.423. The number of aliphatic carboxylic acids is 1. The van der Waals surface area contributed by atoms with Gasteiger partial charge in [-0.05, 0) is 41.0 Å². The predicted octanol–water partition coefficient (Wildman–Crippen LogP) is 3.16. The Morgan fingerprint density at radius 3 is 2.18 bits per heavy atom. The summed E-state index contributed by atoms with van der Waals surface area (Å²) in [6.45, 7) is 0.153. The van der Waals surface area contributed by atoms with Crippen molar-refractivity contribution in [3.63, 3.8) is 0 Å². The van der Waals surface area contributed by atoms with E-state index in [0.29, 0.717) is 0 Å². The van der Waals surface area contributed by atoms with Gasteiger partial charge in [-0.1, -0.05) is 55.0 Å². The van der Waals surface area contributed by atoms with Crippen molar-refractivity contribution in [2.45, 2.75) is 31.2 Å². The zero-order valence-corrected chi connectivity index (χ0v) is 19.2. The van der Waals surface area contributed by atoms with Crippen molar-refractivity contribution in [3.8, 4) is 11.1 Å². The third-order valence-corrected chi connectivity index (χ3v) is 6.81. The molecule has 3 N–H and O–H groups in total. The molecule has 1 saturated carbocycles. The second-order valence-corrected chi connectivity index (χ2v) is 8.86. The van der Waals surface area contributed by atoms with Crippen LogP contribution < -0.4 is 10.6 Å². The molecule has 180 valence electrons. The Balaban J connectivity index is 1.35. The molecule has 8 heteroatoms. The Bertz CT molecular complexity index is 1010. The second-order valence-electron chi connectivity index (χ2n) is 8.86. The molecule has 2 aliphatic rings. The highest BCUT2D eigenvalue weighted by Crippen LogP contribution is 2.44. The summed E-state index contributed by atoms with van der Waals surface area (Å²) in [6.07, 6.45) is 2.16. The number of alkyl carbamates (subject to hydrolysis) is 1. The largest absolute Gasteiger partial charge is 0.480 e. The van der Waals surface area contributed by atoms with E-state index in [4.69, 9.17) is 9.47 Å². The van der Waals surface area contributed by atoms with E-state index in [9.17, 15) is 19.5 Å². The van der Waals surface area contributed by atoms with Gasteiger partial charge in [0.25, 0.3) is 0 Å². The molecular weight excluding hydrogens is 436 g/mol. The number of carbonyl (C=O) groups is 3. The topological polar surface area (TPSA) is 114 Å². The maximum Gasteiger partial charge on any atom is 0.407 e. The lowest BCUT2D eigenvalue weighted by Crippen LogP contribution is -2.50. The molecule has 0 radical (unpaired) electrons. The second kappa shape index (κ2) is 10.7. The first-order valence-electron chi connectivity index (χ1n) is 11.6. The molecule has 1 fully saturated rings. The average Bonchev–Trinajstić information content (AvgIpc) is 3.12. The Labute approximate surface area is 198 Å². The van der Waals surface area contributed by atoms with Gasteiger partial charge in [0, 0.05) is 19.6 Å². The molecule has 2 aromatic carbocycles. The monoisotopic (exact) mass is 466 g/mol. The van der Waals surface area contributed by atoms with E-state index >= 15 is 0 Å². The number of hydrogen-bond donors (Lipinski definition) is 3. The van der Waals surface area contributed by atoms with Crippen LogP contribution in [-0.2, 0) is 19.1 Å². The van der Waals surface area contributed by atoms with E-state index in [1.165, 1.54) is 7.11 Å². The molecule has 0 aromatic heterocycles. The summed E-state index contributed by atoms with van der Waals surface area (Å²) in [5.74, 6) is -2.02. The van der Waals surface area contributed by atoms with Crippen molar-refractivity contribution in [1.82, 2.24) is 10.6 Å². The van der Waals surface area contributed by atoms with E-state index in [0.717, 1.165) is 41.5 Å². The van der Waals surface area contributed by atoms with Gasteiger partial charge in [0.1, 0.15) is 6.61 Å². The summed E-state index contributed by atoms with van der Waals surface area (Å²) in [7, 11) is 1.38. The summed E-state index contributed by atoms with van der Waals surface area (Å²) >= 11 is 0. The highest BCUT2D eigenvalue weighted by molar-refractivity contribution is 5.86. The van der Waals surface area contributed by atoms with E-state index in [1.807, 2.05) is 24.3 Å². The van der Waals surface area contributed by atoms with Crippen molar-refractivity contribution in [3.05, 3.63) is 59.7 Å². The number of carboxylic acids is 1. The van der Waals surface area contributed by atoms with Gasteiger partial charge in [0.05, 0.1) is 12.5 Å². The van der Waals surface area contributed by atoms with Gasteiger partial charge >= 0.3 is 12.1 Å². The Hall–Kier alpha value is -3.39. The van der Waals surface area contributed by atoms with Gasteiger partial charge in [0.15, 0.2) is 6.04 Å². The molecule has 4 rings (SSSR count). The van der Waals surface area contributed by atoms with Crippen molar-refractivity contribution >= 4 is 18.0 Å². The van der Waals surface area contributed by atoms with Gasteiger partial charge in [-0.25, -0.2) is 9.59 Å². The van der Waals surface area contributed by atoms with Gasteiger partial charge < -0.3 is 25.2 Å². The van der Waals surface area contributed by atoms with E-state index in [1.54, 1.807) is 0 Å². The number of benzene rings is 2. The first-order valence-corrected chi connectivity index (χ1v) is 11.6. The molecule has 0 spiro atoms. The van der Waals surface area contributed by atoms with Crippen molar-refractivity contribution in [2.75, 3.05) is 26.9 Å². The van der Waals surface area contributed by atoms with Crippen LogP contribution in [0, 0.1) is 11.8 Å². The minimum atomic E-state index is -1.16. The molecule has 0 bridgehead atoms. The van der Waals surface area contributed by atoms with Crippen LogP contribution in [0.15, 0.2) is 48.5 Å². The number of methoxy groups -OCH3 is 1. The number of nitrogens with one attached hydrogen (secondary N) is 2. The van der Waals surface area contributed by atoms with Crippen LogP contribution in [-0.4, -0.2) is 56.0 Å². The minimum absolute atomic E-state index is 0.0470. The van der Waals surface area contributed by atoms with Crippen LogP contribution in [0.5, 0.6) is 0 Å². The third kappa shape index (κ3) is 5.07.